The van der Waals surface area contributed by atoms with Gasteiger partial charge in [0.25, 0.3) is 0 Å². The average molecular weight is 272 g/mol. The van der Waals surface area contributed by atoms with E-state index in [0.717, 1.165) is 5.56 Å². The van der Waals surface area contributed by atoms with Crippen molar-refractivity contribution >= 4 is 10.0 Å². The summed E-state index contributed by atoms with van der Waals surface area (Å²) in [5, 5.41) is 2.99. The van der Waals surface area contributed by atoms with Crippen LogP contribution in [0.2, 0.25) is 0 Å². The fourth-order valence-corrected chi connectivity index (χ4v) is 2.96. The Kier molecular flexibility index (Phi) is 5.13. The molecule has 0 bridgehead atoms. The third-order valence-corrected chi connectivity index (χ3v) is 4.70. The Morgan fingerprint density at radius 1 is 1.39 bits per heavy atom. The first-order valence-corrected chi connectivity index (χ1v) is 7.19. The molecule has 5 nitrogen and oxygen atoms in total. The van der Waals surface area contributed by atoms with E-state index in [1.54, 1.807) is 26.1 Å². The molecule has 0 radical (unpaired) electrons. The monoisotopic (exact) mass is 272 g/mol. The summed E-state index contributed by atoms with van der Waals surface area (Å²) in [7, 11) is 1.35. The molecule has 0 aliphatic heterocycles. The van der Waals surface area contributed by atoms with Crippen LogP contribution in [0.4, 0.5) is 0 Å². The molecule has 18 heavy (non-hydrogen) atoms. The van der Waals surface area contributed by atoms with Crippen molar-refractivity contribution in [2.45, 2.75) is 18.4 Å². The van der Waals surface area contributed by atoms with Gasteiger partial charge in [-0.1, -0.05) is 13.0 Å². The van der Waals surface area contributed by atoms with Crippen molar-refractivity contribution < 1.29 is 13.2 Å². The molecule has 0 atom stereocenters. The van der Waals surface area contributed by atoms with Crippen molar-refractivity contribution in [2.24, 2.45) is 0 Å². The quantitative estimate of drug-likeness (QED) is 0.841. The Morgan fingerprint density at radius 2 is 2.06 bits per heavy atom. The highest BCUT2D eigenvalue weighted by Crippen LogP contribution is 2.27. The molecule has 1 rings (SSSR count). The standard InChI is InChI=1S/C12H20N2O3S/c1-5-14(3)18(15,16)12-8-10(9-13-2)6-7-11(12)17-4/h6-8,13H,5,9H2,1-4H3. The van der Waals surface area contributed by atoms with Gasteiger partial charge in [-0.05, 0) is 24.7 Å². The minimum Gasteiger partial charge on any atom is -0.495 e. The Morgan fingerprint density at radius 3 is 2.56 bits per heavy atom. The fraction of sp³-hybridized carbons (Fsp3) is 0.500. The molecule has 1 aromatic rings. The minimum atomic E-state index is -3.49. The van der Waals surface area contributed by atoms with Crippen LogP contribution in [-0.4, -0.2) is 40.5 Å². The van der Waals surface area contributed by atoms with Crippen LogP contribution < -0.4 is 10.1 Å². The number of hydrogen-bond donors (Lipinski definition) is 1. The van der Waals surface area contributed by atoms with E-state index < -0.39 is 10.0 Å². The van der Waals surface area contributed by atoms with E-state index in [1.165, 1.54) is 11.4 Å². The van der Waals surface area contributed by atoms with Crippen LogP contribution >= 0.6 is 0 Å². The number of hydrogen-bond acceptors (Lipinski definition) is 4. The summed E-state index contributed by atoms with van der Waals surface area (Å²) >= 11 is 0. The normalized spacial score (nSPS) is 11.8. The van der Waals surface area contributed by atoms with E-state index in [1.807, 2.05) is 13.1 Å². The molecule has 1 aromatic carbocycles. The zero-order valence-electron chi connectivity index (χ0n) is 11.2. The van der Waals surface area contributed by atoms with Gasteiger partial charge in [-0.2, -0.15) is 0 Å². The second-order valence-corrected chi connectivity index (χ2v) is 5.95. The maximum Gasteiger partial charge on any atom is 0.246 e. The number of nitrogens with one attached hydrogen (secondary N) is 1. The van der Waals surface area contributed by atoms with Crippen molar-refractivity contribution in [1.82, 2.24) is 9.62 Å². The van der Waals surface area contributed by atoms with Crippen LogP contribution in [0.5, 0.6) is 5.75 Å². The molecule has 0 unspecified atom stereocenters. The predicted octanol–water partition coefficient (Wildman–Crippen LogP) is 1.05. The highest BCUT2D eigenvalue weighted by atomic mass is 32.2. The minimum absolute atomic E-state index is 0.210. The van der Waals surface area contributed by atoms with Gasteiger partial charge in [0.15, 0.2) is 0 Å². The summed E-state index contributed by atoms with van der Waals surface area (Å²) in [6.45, 7) is 2.82. The van der Waals surface area contributed by atoms with Crippen molar-refractivity contribution in [3.63, 3.8) is 0 Å². The zero-order chi connectivity index (χ0) is 13.8. The summed E-state index contributed by atoms with van der Waals surface area (Å²) < 4.78 is 31.1. The SMILES string of the molecule is CCN(C)S(=O)(=O)c1cc(CNC)ccc1OC. The van der Waals surface area contributed by atoms with E-state index in [2.05, 4.69) is 5.32 Å². The molecule has 0 spiro atoms. The molecular weight excluding hydrogens is 252 g/mol. The van der Waals surface area contributed by atoms with Crippen molar-refractivity contribution in [3.8, 4) is 5.75 Å². The van der Waals surface area contributed by atoms with Crippen LogP contribution in [0.3, 0.4) is 0 Å². The lowest BCUT2D eigenvalue weighted by Crippen LogP contribution is -2.27. The molecule has 0 aliphatic carbocycles. The van der Waals surface area contributed by atoms with Crippen LogP contribution in [0.15, 0.2) is 23.1 Å². The molecule has 1 N–H and O–H groups in total. The first kappa shape index (κ1) is 14.9. The Labute approximate surface area is 109 Å². The first-order chi connectivity index (χ1) is 8.47. The highest BCUT2D eigenvalue weighted by molar-refractivity contribution is 7.89. The van der Waals surface area contributed by atoms with E-state index in [0.29, 0.717) is 18.8 Å². The lowest BCUT2D eigenvalue weighted by atomic mass is 10.2. The third kappa shape index (κ3) is 3.01. The molecule has 0 aromatic heterocycles. The molecular formula is C12H20N2O3S. The van der Waals surface area contributed by atoms with Gasteiger partial charge >= 0.3 is 0 Å². The van der Waals surface area contributed by atoms with Crippen molar-refractivity contribution in [3.05, 3.63) is 23.8 Å². The van der Waals surface area contributed by atoms with Gasteiger partial charge in [-0.3, -0.25) is 0 Å². The summed E-state index contributed by atoms with van der Waals surface area (Å²) in [4.78, 5) is 0.210. The summed E-state index contributed by atoms with van der Waals surface area (Å²) in [5.41, 5.74) is 0.904. The smallest absolute Gasteiger partial charge is 0.246 e. The second kappa shape index (κ2) is 6.17. The van der Waals surface area contributed by atoms with Gasteiger partial charge in [-0.15, -0.1) is 0 Å². The van der Waals surface area contributed by atoms with Gasteiger partial charge in [0, 0.05) is 20.1 Å². The third-order valence-electron chi connectivity index (χ3n) is 2.74. The molecule has 102 valence electrons. The fourth-order valence-electron chi connectivity index (χ4n) is 1.57. The van der Waals surface area contributed by atoms with E-state index in [9.17, 15) is 8.42 Å². The average Bonchev–Trinajstić information content (AvgIpc) is 2.38. The van der Waals surface area contributed by atoms with E-state index >= 15 is 0 Å². The van der Waals surface area contributed by atoms with Gasteiger partial charge in [0.1, 0.15) is 10.6 Å². The maximum atomic E-state index is 12.3. The maximum absolute atomic E-state index is 12.3. The number of rotatable bonds is 6. The molecule has 0 aliphatic rings. The number of sulfonamides is 1. The molecule has 0 amide bonds. The lowest BCUT2D eigenvalue weighted by Gasteiger charge is -2.17. The van der Waals surface area contributed by atoms with Crippen LogP contribution in [-0.2, 0) is 16.6 Å². The predicted molar refractivity (Wildman–Crippen MR) is 71.2 cm³/mol. The van der Waals surface area contributed by atoms with Gasteiger partial charge in [-0.25, -0.2) is 12.7 Å². The van der Waals surface area contributed by atoms with Crippen molar-refractivity contribution in [1.29, 1.82) is 0 Å². The van der Waals surface area contributed by atoms with Gasteiger partial charge in [0.2, 0.25) is 10.0 Å². The van der Waals surface area contributed by atoms with Crippen LogP contribution in [0, 0.1) is 0 Å². The lowest BCUT2D eigenvalue weighted by molar-refractivity contribution is 0.398. The summed E-state index contributed by atoms with van der Waals surface area (Å²) in [6.07, 6.45) is 0. The molecule has 0 heterocycles. The summed E-state index contributed by atoms with van der Waals surface area (Å²) in [6, 6.07) is 5.18. The van der Waals surface area contributed by atoms with Gasteiger partial charge in [0.05, 0.1) is 7.11 Å². The molecule has 0 saturated heterocycles. The summed E-state index contributed by atoms with van der Waals surface area (Å²) in [5.74, 6) is 0.371. The first-order valence-electron chi connectivity index (χ1n) is 5.75. The molecule has 6 heteroatoms. The Bertz CT molecular complexity index is 500. The second-order valence-electron chi connectivity index (χ2n) is 3.93. The van der Waals surface area contributed by atoms with Crippen molar-refractivity contribution in [2.75, 3.05) is 27.7 Å². The molecule has 0 fully saturated rings. The van der Waals surface area contributed by atoms with Crippen LogP contribution in [0.1, 0.15) is 12.5 Å². The van der Waals surface area contributed by atoms with E-state index in [4.69, 9.17) is 4.74 Å². The van der Waals surface area contributed by atoms with Crippen LogP contribution in [0.25, 0.3) is 0 Å². The molecule has 0 saturated carbocycles. The Balaban J connectivity index is 3.32. The number of methoxy groups -OCH3 is 1. The van der Waals surface area contributed by atoms with Gasteiger partial charge < -0.3 is 10.1 Å². The number of nitrogens with zero attached hydrogens (tertiary/aromatic N) is 1. The zero-order valence-corrected chi connectivity index (χ0v) is 12.0. The highest BCUT2D eigenvalue weighted by Gasteiger charge is 2.23. The number of ether oxygens (including phenoxy) is 1. The number of benzene rings is 1. The van der Waals surface area contributed by atoms with E-state index in [-0.39, 0.29) is 4.90 Å². The largest absolute Gasteiger partial charge is 0.495 e. The Hall–Kier alpha value is -1.11. The topological polar surface area (TPSA) is 58.6 Å².